The molecule has 0 bridgehead atoms. The lowest BCUT2D eigenvalue weighted by atomic mass is 9.80. The third-order valence-corrected chi connectivity index (χ3v) is 9.93. The monoisotopic (exact) mass is 528 g/mol. The van der Waals surface area contributed by atoms with E-state index >= 15 is 0 Å². The number of piperazine rings is 1. The number of primary amides is 1. The predicted molar refractivity (Wildman–Crippen MR) is 146 cm³/mol. The highest BCUT2D eigenvalue weighted by atomic mass is 32.2. The molecule has 0 unspecified atom stereocenters. The quantitative estimate of drug-likeness (QED) is 0.581. The van der Waals surface area contributed by atoms with E-state index < -0.39 is 17.9 Å². The molecule has 4 atom stereocenters. The molecule has 1 saturated carbocycles. The summed E-state index contributed by atoms with van der Waals surface area (Å²) in [5, 5.41) is 0.0730. The summed E-state index contributed by atoms with van der Waals surface area (Å²) in [7, 11) is 0. The molecule has 202 valence electrons. The number of likely N-dealkylation sites (tertiary alicyclic amines) is 1. The number of rotatable bonds is 7. The Kier molecular flexibility index (Phi) is 7.84. The molecule has 1 aromatic rings. The Bertz CT molecular complexity index is 1040. The lowest BCUT2D eigenvalue weighted by Crippen LogP contribution is -2.49. The minimum Gasteiger partial charge on any atom is -0.369 e. The number of thioether (sulfide) groups is 1. The Balaban J connectivity index is 1.50. The van der Waals surface area contributed by atoms with Gasteiger partial charge in [-0.05, 0) is 62.6 Å². The molecule has 9 heteroatoms. The molecular formula is C28H40N4O4S. The molecule has 4 fully saturated rings. The van der Waals surface area contributed by atoms with E-state index in [0.717, 1.165) is 63.1 Å². The molecule has 0 spiro atoms. The van der Waals surface area contributed by atoms with Gasteiger partial charge in [0.15, 0.2) is 5.78 Å². The first-order chi connectivity index (χ1) is 17.8. The number of nitrogens with zero attached hydrogens (tertiary/aromatic N) is 3. The van der Waals surface area contributed by atoms with E-state index in [-0.39, 0.29) is 35.6 Å². The van der Waals surface area contributed by atoms with Gasteiger partial charge in [-0.3, -0.25) is 19.3 Å². The highest BCUT2D eigenvalue weighted by Crippen LogP contribution is 2.43. The van der Waals surface area contributed by atoms with E-state index in [1.165, 1.54) is 0 Å². The Labute approximate surface area is 224 Å². The maximum atomic E-state index is 14.4. The molecule has 0 radical (unpaired) electrons. The summed E-state index contributed by atoms with van der Waals surface area (Å²) in [6.45, 7) is 8.74. The smallest absolute Gasteiger partial charge is 0.249 e. The first kappa shape index (κ1) is 26.5. The van der Waals surface area contributed by atoms with Gasteiger partial charge < -0.3 is 20.3 Å². The number of ether oxygens (including phenoxy) is 1. The Morgan fingerprint density at radius 1 is 1.11 bits per heavy atom. The predicted octanol–water partition coefficient (Wildman–Crippen LogP) is 2.50. The number of benzene rings is 1. The van der Waals surface area contributed by atoms with Crippen molar-refractivity contribution in [2.75, 3.05) is 50.5 Å². The van der Waals surface area contributed by atoms with Crippen molar-refractivity contribution in [3.8, 4) is 0 Å². The van der Waals surface area contributed by atoms with E-state index in [2.05, 4.69) is 23.6 Å². The number of Topliss-reactive ketones (excluding diaryl/α,β-unsaturated/α-hetero) is 1. The molecule has 4 aliphatic rings. The van der Waals surface area contributed by atoms with Crippen LogP contribution in [0.25, 0.3) is 0 Å². The van der Waals surface area contributed by atoms with Crippen LogP contribution in [0.4, 0.5) is 5.69 Å². The summed E-state index contributed by atoms with van der Waals surface area (Å²) < 4.78 is 5.82. The van der Waals surface area contributed by atoms with Crippen LogP contribution in [0.2, 0.25) is 0 Å². The molecule has 2 amide bonds. The van der Waals surface area contributed by atoms with Crippen molar-refractivity contribution in [1.29, 1.82) is 0 Å². The van der Waals surface area contributed by atoms with Crippen molar-refractivity contribution in [3.63, 3.8) is 0 Å². The highest BCUT2D eigenvalue weighted by molar-refractivity contribution is 7.99. The molecule has 2 N–H and O–H groups in total. The average Bonchev–Trinajstić information content (AvgIpc) is 3.63. The lowest BCUT2D eigenvalue weighted by molar-refractivity contribution is -0.138. The van der Waals surface area contributed by atoms with Crippen molar-refractivity contribution >= 4 is 35.0 Å². The standard InChI is InChI=1S/C28H40N4O4S/c1-17(2)30-10-12-31(13-11-30)19-8-9-20(27(29)34)21(14-19)24(18-6-4-5-7-18)28(35)32-15-23(37-3)26-25(32)22(33)16-36-26/h8-9,14,17-18,23-26H,4-7,10-13,15-16H2,1-3H3,(H2,29,34)/t23-,24-,25+,26+/m0/s1. The first-order valence-corrected chi connectivity index (χ1v) is 15.0. The fourth-order valence-electron chi connectivity index (χ4n) is 6.83. The summed E-state index contributed by atoms with van der Waals surface area (Å²) in [5.74, 6) is -0.948. The van der Waals surface area contributed by atoms with E-state index in [4.69, 9.17) is 10.5 Å². The zero-order valence-corrected chi connectivity index (χ0v) is 23.0. The Morgan fingerprint density at radius 2 is 1.81 bits per heavy atom. The molecular weight excluding hydrogens is 488 g/mol. The minimum atomic E-state index is -0.529. The molecule has 1 aliphatic carbocycles. The van der Waals surface area contributed by atoms with Crippen molar-refractivity contribution in [2.24, 2.45) is 11.7 Å². The van der Waals surface area contributed by atoms with Gasteiger partial charge in [-0.15, -0.1) is 0 Å². The highest BCUT2D eigenvalue weighted by Gasteiger charge is 2.53. The largest absolute Gasteiger partial charge is 0.369 e. The number of hydrogen-bond donors (Lipinski definition) is 1. The Hall–Kier alpha value is -2.10. The van der Waals surface area contributed by atoms with Crippen LogP contribution in [0.15, 0.2) is 18.2 Å². The van der Waals surface area contributed by atoms with Crippen LogP contribution in [-0.4, -0.2) is 96.4 Å². The van der Waals surface area contributed by atoms with Gasteiger partial charge in [0.1, 0.15) is 12.6 Å². The molecule has 3 aliphatic heterocycles. The van der Waals surface area contributed by atoms with Crippen LogP contribution in [0.5, 0.6) is 0 Å². The second-order valence-corrected chi connectivity index (χ2v) is 12.3. The average molecular weight is 529 g/mol. The molecule has 1 aromatic carbocycles. The van der Waals surface area contributed by atoms with Crippen LogP contribution in [-0.2, 0) is 14.3 Å². The maximum absolute atomic E-state index is 14.4. The number of anilines is 1. The van der Waals surface area contributed by atoms with Gasteiger partial charge in [-0.1, -0.05) is 12.8 Å². The summed E-state index contributed by atoms with van der Waals surface area (Å²) in [6, 6.07) is 5.79. The number of ketones is 1. The zero-order chi connectivity index (χ0) is 26.3. The van der Waals surface area contributed by atoms with Crippen molar-refractivity contribution < 1.29 is 19.1 Å². The van der Waals surface area contributed by atoms with Crippen molar-refractivity contribution in [2.45, 2.75) is 68.9 Å². The number of nitrogens with two attached hydrogens (primary N) is 1. The zero-order valence-electron chi connectivity index (χ0n) is 22.2. The van der Waals surface area contributed by atoms with Gasteiger partial charge in [0.2, 0.25) is 11.8 Å². The van der Waals surface area contributed by atoms with Crippen molar-refractivity contribution in [1.82, 2.24) is 9.80 Å². The summed E-state index contributed by atoms with van der Waals surface area (Å²) in [6.07, 6.45) is 5.76. The lowest BCUT2D eigenvalue weighted by Gasteiger charge is -2.38. The topological polar surface area (TPSA) is 96.2 Å². The number of hydrogen-bond acceptors (Lipinski definition) is 7. The second kappa shape index (κ2) is 10.9. The maximum Gasteiger partial charge on any atom is 0.249 e. The summed E-state index contributed by atoms with van der Waals surface area (Å²) in [4.78, 5) is 46.4. The molecule has 3 saturated heterocycles. The molecule has 3 heterocycles. The third-order valence-electron chi connectivity index (χ3n) is 8.91. The third kappa shape index (κ3) is 5.02. The number of fused-ring (bicyclic) bond motifs is 1. The first-order valence-electron chi connectivity index (χ1n) is 13.7. The van der Waals surface area contributed by atoms with Gasteiger partial charge in [-0.25, -0.2) is 0 Å². The van der Waals surface area contributed by atoms with Gasteiger partial charge in [0.05, 0.1) is 17.3 Å². The molecule has 8 nitrogen and oxygen atoms in total. The second-order valence-electron chi connectivity index (χ2n) is 11.2. The fraction of sp³-hybridized carbons (Fsp3) is 0.679. The molecule has 5 rings (SSSR count). The van der Waals surface area contributed by atoms with Crippen LogP contribution in [0, 0.1) is 5.92 Å². The molecule has 37 heavy (non-hydrogen) atoms. The SMILES string of the molecule is CS[C@H]1CN(C(=O)[C@H](c2cc(N3CCN(C(C)C)CC3)ccc2C(N)=O)C2CCCC2)[C@@H]2C(=O)CO[C@H]12. The Morgan fingerprint density at radius 3 is 2.43 bits per heavy atom. The number of carbonyl (C=O) groups excluding carboxylic acids is 3. The van der Waals surface area contributed by atoms with Crippen molar-refractivity contribution in [3.05, 3.63) is 29.3 Å². The normalized spacial score (nSPS) is 27.8. The van der Waals surface area contributed by atoms with Crippen LogP contribution in [0.1, 0.15) is 61.4 Å². The van der Waals surface area contributed by atoms with Gasteiger partial charge in [0, 0.05) is 50.0 Å². The molecule has 0 aromatic heterocycles. The van der Waals surface area contributed by atoms with Crippen LogP contribution >= 0.6 is 11.8 Å². The summed E-state index contributed by atoms with van der Waals surface area (Å²) >= 11 is 1.65. The van der Waals surface area contributed by atoms with Gasteiger partial charge in [0.25, 0.3) is 0 Å². The van der Waals surface area contributed by atoms with E-state index in [0.29, 0.717) is 18.2 Å². The summed E-state index contributed by atoms with van der Waals surface area (Å²) in [5.41, 5.74) is 8.05. The number of carbonyl (C=O) groups is 3. The number of amides is 2. The van der Waals surface area contributed by atoms with E-state index in [9.17, 15) is 14.4 Å². The fourth-order valence-corrected chi connectivity index (χ4v) is 7.64. The van der Waals surface area contributed by atoms with Gasteiger partial charge >= 0.3 is 0 Å². The van der Waals surface area contributed by atoms with E-state index in [1.807, 2.05) is 18.4 Å². The van der Waals surface area contributed by atoms with Crippen LogP contribution < -0.4 is 10.6 Å². The minimum absolute atomic E-state index is 0.0213. The van der Waals surface area contributed by atoms with E-state index in [1.54, 1.807) is 22.7 Å². The van der Waals surface area contributed by atoms with Gasteiger partial charge in [-0.2, -0.15) is 11.8 Å². The van der Waals surface area contributed by atoms with Crippen LogP contribution in [0.3, 0.4) is 0 Å².